The lowest BCUT2D eigenvalue weighted by Gasteiger charge is -2.21. The first-order chi connectivity index (χ1) is 8.24. The number of rotatable bonds is 4. The second-order valence-electron chi connectivity index (χ2n) is 4.87. The number of nitrogens with two attached hydrogens (primary N) is 1. The molecule has 1 aromatic heterocycles. The van der Waals surface area contributed by atoms with Gasteiger partial charge in [0.15, 0.2) is 5.82 Å². The first-order valence-corrected chi connectivity index (χ1v) is 6.42. The van der Waals surface area contributed by atoms with Crippen molar-refractivity contribution in [3.8, 4) is 0 Å². The van der Waals surface area contributed by atoms with Gasteiger partial charge in [0.05, 0.1) is 0 Å². The van der Waals surface area contributed by atoms with E-state index in [-0.39, 0.29) is 0 Å². The minimum absolute atomic E-state index is 0.475. The van der Waals surface area contributed by atoms with Gasteiger partial charge in [-0.25, -0.2) is 9.97 Å². The number of hydrogen-bond donors (Lipinski definition) is 1. The molecule has 2 N–H and O–H groups in total. The van der Waals surface area contributed by atoms with Crippen molar-refractivity contribution in [1.82, 2.24) is 9.97 Å². The predicted octanol–water partition coefficient (Wildman–Crippen LogP) is 2.46. The van der Waals surface area contributed by atoms with E-state index < -0.39 is 0 Å². The Kier molecular flexibility index (Phi) is 4.31. The molecule has 1 aliphatic carbocycles. The summed E-state index contributed by atoms with van der Waals surface area (Å²) in [5.74, 6) is 1.94. The Morgan fingerprint density at radius 3 is 2.76 bits per heavy atom. The molecule has 0 bridgehead atoms. The van der Waals surface area contributed by atoms with Crippen LogP contribution in [0.2, 0.25) is 0 Å². The molecule has 0 unspecified atom stereocenters. The Morgan fingerprint density at radius 2 is 2.06 bits per heavy atom. The van der Waals surface area contributed by atoms with Gasteiger partial charge in [-0.1, -0.05) is 19.3 Å². The monoisotopic (exact) mass is 235 g/mol. The second kappa shape index (κ2) is 5.96. The van der Waals surface area contributed by atoms with E-state index in [4.69, 9.17) is 10.5 Å². The van der Waals surface area contributed by atoms with E-state index >= 15 is 0 Å². The van der Waals surface area contributed by atoms with Crippen molar-refractivity contribution in [1.29, 1.82) is 0 Å². The summed E-state index contributed by atoms with van der Waals surface area (Å²) in [7, 11) is 0. The summed E-state index contributed by atoms with van der Waals surface area (Å²) in [6.07, 6.45) is 6.69. The molecular formula is C13H21N3O. The van der Waals surface area contributed by atoms with Crippen LogP contribution in [0.5, 0.6) is 0 Å². The van der Waals surface area contributed by atoms with Gasteiger partial charge >= 0.3 is 0 Å². The maximum atomic E-state index is 5.69. The highest BCUT2D eigenvalue weighted by Crippen LogP contribution is 2.23. The average molecular weight is 235 g/mol. The maximum absolute atomic E-state index is 5.69. The molecule has 0 amide bonds. The fourth-order valence-electron chi connectivity index (χ4n) is 2.39. The highest BCUT2D eigenvalue weighted by Gasteiger charge is 2.13. The van der Waals surface area contributed by atoms with Crippen molar-refractivity contribution in [2.45, 2.75) is 45.6 Å². The van der Waals surface area contributed by atoms with Crippen LogP contribution < -0.4 is 5.73 Å². The SMILES string of the molecule is Cc1cc(N)nc(COCC2CCCCC2)n1. The van der Waals surface area contributed by atoms with E-state index in [0.717, 1.165) is 18.2 Å². The lowest BCUT2D eigenvalue weighted by atomic mass is 9.90. The van der Waals surface area contributed by atoms with Crippen LogP contribution in [0.3, 0.4) is 0 Å². The van der Waals surface area contributed by atoms with Crippen LogP contribution in [0.4, 0.5) is 5.82 Å². The van der Waals surface area contributed by atoms with Crippen molar-refractivity contribution in [2.75, 3.05) is 12.3 Å². The molecule has 0 aliphatic heterocycles. The molecule has 1 aromatic rings. The smallest absolute Gasteiger partial charge is 0.156 e. The van der Waals surface area contributed by atoms with Crippen molar-refractivity contribution in [2.24, 2.45) is 5.92 Å². The number of nitrogen functional groups attached to an aromatic ring is 1. The lowest BCUT2D eigenvalue weighted by molar-refractivity contribution is 0.0699. The molecule has 2 rings (SSSR count). The lowest BCUT2D eigenvalue weighted by Crippen LogP contribution is -2.14. The van der Waals surface area contributed by atoms with Gasteiger partial charge in [0.2, 0.25) is 0 Å². The predicted molar refractivity (Wildman–Crippen MR) is 67.4 cm³/mol. The zero-order valence-corrected chi connectivity index (χ0v) is 10.5. The number of aryl methyl sites for hydroxylation is 1. The van der Waals surface area contributed by atoms with Gasteiger partial charge < -0.3 is 10.5 Å². The summed E-state index contributed by atoms with van der Waals surface area (Å²) >= 11 is 0. The molecule has 0 aromatic carbocycles. The quantitative estimate of drug-likeness (QED) is 0.870. The fourth-order valence-corrected chi connectivity index (χ4v) is 2.39. The van der Waals surface area contributed by atoms with Crippen LogP contribution in [-0.2, 0) is 11.3 Å². The summed E-state index contributed by atoms with van der Waals surface area (Å²) in [5.41, 5.74) is 6.56. The van der Waals surface area contributed by atoms with Crippen LogP contribution in [0.15, 0.2) is 6.07 Å². The molecule has 0 saturated heterocycles. The minimum atomic E-state index is 0.475. The van der Waals surface area contributed by atoms with Gasteiger partial charge in [-0.15, -0.1) is 0 Å². The third kappa shape index (κ3) is 3.97. The van der Waals surface area contributed by atoms with Gasteiger partial charge in [0, 0.05) is 18.4 Å². The van der Waals surface area contributed by atoms with Crippen molar-refractivity contribution in [3.63, 3.8) is 0 Å². The Bertz CT molecular complexity index is 341. The largest absolute Gasteiger partial charge is 0.384 e. The van der Waals surface area contributed by atoms with Crippen molar-refractivity contribution < 1.29 is 4.74 Å². The molecule has 0 radical (unpaired) electrons. The summed E-state index contributed by atoms with van der Waals surface area (Å²) in [6.45, 7) is 3.22. The molecule has 4 heteroatoms. The Morgan fingerprint density at radius 1 is 1.29 bits per heavy atom. The third-order valence-electron chi connectivity index (χ3n) is 3.23. The van der Waals surface area contributed by atoms with Crippen LogP contribution in [0.1, 0.15) is 43.6 Å². The Labute approximate surface area is 103 Å². The summed E-state index contributed by atoms with van der Waals surface area (Å²) in [6, 6.07) is 1.77. The molecule has 1 saturated carbocycles. The first-order valence-electron chi connectivity index (χ1n) is 6.42. The number of anilines is 1. The molecule has 1 fully saturated rings. The van der Waals surface area contributed by atoms with E-state index in [0.29, 0.717) is 18.2 Å². The number of hydrogen-bond acceptors (Lipinski definition) is 4. The summed E-state index contributed by atoms with van der Waals surface area (Å²) < 4.78 is 5.69. The molecule has 1 heterocycles. The van der Waals surface area contributed by atoms with E-state index in [1.165, 1.54) is 32.1 Å². The van der Waals surface area contributed by atoms with Crippen molar-refractivity contribution >= 4 is 5.82 Å². The zero-order valence-electron chi connectivity index (χ0n) is 10.5. The molecule has 1 aliphatic rings. The topological polar surface area (TPSA) is 61.0 Å². The summed E-state index contributed by atoms with van der Waals surface area (Å²) in [5, 5.41) is 0. The minimum Gasteiger partial charge on any atom is -0.384 e. The van der Waals surface area contributed by atoms with Gasteiger partial charge in [-0.3, -0.25) is 0 Å². The van der Waals surface area contributed by atoms with Gasteiger partial charge in [0.1, 0.15) is 12.4 Å². The third-order valence-corrected chi connectivity index (χ3v) is 3.23. The molecule has 94 valence electrons. The van der Waals surface area contributed by atoms with Crippen molar-refractivity contribution in [3.05, 3.63) is 17.6 Å². The van der Waals surface area contributed by atoms with Gasteiger partial charge in [0.25, 0.3) is 0 Å². The average Bonchev–Trinajstić information content (AvgIpc) is 2.29. The number of aromatic nitrogens is 2. The van der Waals surface area contributed by atoms with Crippen LogP contribution in [0, 0.1) is 12.8 Å². The summed E-state index contributed by atoms with van der Waals surface area (Å²) in [4.78, 5) is 8.46. The van der Waals surface area contributed by atoms with E-state index in [1.807, 2.05) is 6.92 Å². The molecule has 17 heavy (non-hydrogen) atoms. The van der Waals surface area contributed by atoms with Crippen LogP contribution >= 0.6 is 0 Å². The highest BCUT2D eigenvalue weighted by atomic mass is 16.5. The van der Waals surface area contributed by atoms with Crippen LogP contribution in [-0.4, -0.2) is 16.6 Å². The Hall–Kier alpha value is -1.16. The van der Waals surface area contributed by atoms with E-state index in [1.54, 1.807) is 6.07 Å². The Balaban J connectivity index is 1.77. The zero-order chi connectivity index (χ0) is 12.1. The molecular weight excluding hydrogens is 214 g/mol. The fraction of sp³-hybridized carbons (Fsp3) is 0.692. The number of ether oxygens (including phenoxy) is 1. The molecule has 0 atom stereocenters. The van der Waals surface area contributed by atoms with Gasteiger partial charge in [-0.2, -0.15) is 0 Å². The first kappa shape index (κ1) is 12.3. The maximum Gasteiger partial charge on any atom is 0.156 e. The molecule has 4 nitrogen and oxygen atoms in total. The number of nitrogens with zero attached hydrogens (tertiary/aromatic N) is 2. The van der Waals surface area contributed by atoms with Gasteiger partial charge in [-0.05, 0) is 25.7 Å². The second-order valence-corrected chi connectivity index (χ2v) is 4.87. The standard InChI is InChI=1S/C13H21N3O/c1-10-7-12(14)16-13(15-10)9-17-8-11-5-3-2-4-6-11/h7,11H,2-6,8-9H2,1H3,(H2,14,15,16). The normalized spacial score (nSPS) is 17.2. The van der Waals surface area contributed by atoms with E-state index in [9.17, 15) is 0 Å². The van der Waals surface area contributed by atoms with E-state index in [2.05, 4.69) is 9.97 Å². The molecule has 0 spiro atoms. The highest BCUT2D eigenvalue weighted by molar-refractivity contribution is 5.28. The van der Waals surface area contributed by atoms with Crippen LogP contribution in [0.25, 0.3) is 0 Å².